The number of hydrogen-bond acceptors (Lipinski definition) is 6. The number of carbonyl (C=O) groups is 2. The molecule has 0 unspecified atom stereocenters. The smallest absolute Gasteiger partial charge is 0.271 e. The first-order valence-corrected chi connectivity index (χ1v) is 15.1. The monoisotopic (exact) mass is 562 g/mol. The largest absolute Gasteiger partial charge is 0.495 e. The van der Waals surface area contributed by atoms with Gasteiger partial charge in [-0.15, -0.1) is 11.3 Å². The first-order chi connectivity index (χ1) is 19.2. The van der Waals surface area contributed by atoms with Crippen molar-refractivity contribution in [1.29, 1.82) is 0 Å². The van der Waals surface area contributed by atoms with Crippen LogP contribution in [0.15, 0.2) is 29.6 Å². The lowest BCUT2D eigenvalue weighted by molar-refractivity contribution is -0.119. The van der Waals surface area contributed by atoms with Crippen LogP contribution in [0.25, 0.3) is 21.7 Å². The molecular formula is C31H38N4O4S. The summed E-state index contributed by atoms with van der Waals surface area (Å²) >= 11 is 1.70. The van der Waals surface area contributed by atoms with E-state index in [2.05, 4.69) is 48.2 Å². The molecule has 0 atom stereocenters. The van der Waals surface area contributed by atoms with Crippen LogP contribution in [0.3, 0.4) is 0 Å². The fraction of sp³-hybridized carbons (Fsp3) is 0.484. The number of β-amino-alcohol motifs (C(OH)–C–C–N with tert-alkyl or cyclic N) is 1. The minimum absolute atomic E-state index is 0.105. The SMILES string of the molecule is COc1cc2c(cc1NC(=O)CN1CC(O)C1)-c1c(-c3cccs3)c3c(n1CC2)C(=O)N(C(C)(C)C)CCCC3. The molecule has 8 nitrogen and oxygen atoms in total. The zero-order valence-electron chi connectivity index (χ0n) is 23.7. The molecule has 6 rings (SSSR count). The Hall–Kier alpha value is -3.14. The molecule has 1 fully saturated rings. The van der Waals surface area contributed by atoms with Crippen LogP contribution in [0.5, 0.6) is 5.75 Å². The van der Waals surface area contributed by atoms with Gasteiger partial charge in [0.1, 0.15) is 11.4 Å². The Morgan fingerprint density at radius 3 is 2.62 bits per heavy atom. The number of carbonyl (C=O) groups excluding carboxylic acids is 2. The number of likely N-dealkylation sites (tertiary alicyclic amines) is 1. The van der Waals surface area contributed by atoms with Crippen LogP contribution in [0.1, 0.15) is 55.2 Å². The molecule has 2 N–H and O–H groups in total. The summed E-state index contributed by atoms with van der Waals surface area (Å²) in [5, 5.41) is 14.7. The number of aromatic nitrogens is 1. The van der Waals surface area contributed by atoms with Crippen LogP contribution in [0.2, 0.25) is 0 Å². The number of rotatable bonds is 5. The van der Waals surface area contributed by atoms with Gasteiger partial charge >= 0.3 is 0 Å². The Morgan fingerprint density at radius 2 is 1.95 bits per heavy atom. The molecule has 40 heavy (non-hydrogen) atoms. The van der Waals surface area contributed by atoms with Crippen molar-refractivity contribution >= 4 is 28.8 Å². The molecule has 0 spiro atoms. The number of thiophene rings is 1. The molecule has 2 aromatic heterocycles. The van der Waals surface area contributed by atoms with Gasteiger partial charge in [0.2, 0.25) is 5.91 Å². The molecule has 1 aromatic carbocycles. The predicted octanol–water partition coefficient (Wildman–Crippen LogP) is 4.64. The summed E-state index contributed by atoms with van der Waals surface area (Å²) in [6, 6.07) is 8.28. The second-order valence-electron chi connectivity index (χ2n) is 12.1. The topological polar surface area (TPSA) is 87.0 Å². The maximum atomic E-state index is 14.3. The van der Waals surface area contributed by atoms with Crippen molar-refractivity contribution in [2.24, 2.45) is 0 Å². The Bertz CT molecular complexity index is 1450. The number of nitrogens with zero attached hydrogens (tertiary/aromatic N) is 3. The van der Waals surface area contributed by atoms with Gasteiger partial charge in [0.05, 0.1) is 31.1 Å². The van der Waals surface area contributed by atoms with E-state index >= 15 is 0 Å². The fourth-order valence-corrected chi connectivity index (χ4v) is 7.20. The highest BCUT2D eigenvalue weighted by Crippen LogP contribution is 2.48. The van der Waals surface area contributed by atoms with E-state index in [1.54, 1.807) is 18.4 Å². The minimum Gasteiger partial charge on any atom is -0.495 e. The van der Waals surface area contributed by atoms with Crippen LogP contribution in [0.4, 0.5) is 5.69 Å². The van der Waals surface area contributed by atoms with Crippen molar-refractivity contribution in [3.05, 3.63) is 46.5 Å². The van der Waals surface area contributed by atoms with Gasteiger partial charge in [0.25, 0.3) is 5.91 Å². The second-order valence-corrected chi connectivity index (χ2v) is 13.1. The lowest BCUT2D eigenvalue weighted by Gasteiger charge is -2.37. The summed E-state index contributed by atoms with van der Waals surface area (Å²) in [6.07, 6.45) is 3.28. The minimum atomic E-state index is -0.356. The number of methoxy groups -OCH3 is 1. The van der Waals surface area contributed by atoms with Gasteiger partial charge < -0.3 is 24.6 Å². The Kier molecular flexibility index (Phi) is 7.01. The number of nitrogens with one attached hydrogen (secondary N) is 1. The summed E-state index contributed by atoms with van der Waals surface area (Å²) < 4.78 is 7.96. The number of aliphatic hydroxyl groups is 1. The van der Waals surface area contributed by atoms with Crippen LogP contribution in [0, 0.1) is 0 Å². The standard InChI is InChI=1S/C31H38N4O4S/c1-31(2,3)35-11-6-5-8-21-27(25-9-7-13-40-25)28-22-15-23(32-26(37)18-33-16-20(36)17-33)24(39-4)14-19(22)10-12-34(28)29(21)30(35)38/h7,9,13-15,20,36H,5-6,8,10-12,16-18H2,1-4H3,(H,32,37). The van der Waals surface area contributed by atoms with Gasteiger partial charge in [-0.1, -0.05) is 6.07 Å². The molecule has 0 saturated carbocycles. The van der Waals surface area contributed by atoms with E-state index < -0.39 is 0 Å². The first-order valence-electron chi connectivity index (χ1n) is 14.2. The lowest BCUT2D eigenvalue weighted by atomic mass is 9.92. The highest BCUT2D eigenvalue weighted by Gasteiger charge is 2.37. The van der Waals surface area contributed by atoms with Crippen molar-refractivity contribution in [3.63, 3.8) is 0 Å². The average molecular weight is 563 g/mol. The number of ether oxygens (including phenoxy) is 1. The fourth-order valence-electron chi connectivity index (χ4n) is 6.40. The summed E-state index contributed by atoms with van der Waals surface area (Å²) in [5.74, 6) is 0.591. The van der Waals surface area contributed by atoms with E-state index in [4.69, 9.17) is 4.74 Å². The molecule has 3 aliphatic heterocycles. The molecule has 0 bridgehead atoms. The number of hydrogen-bond donors (Lipinski definition) is 2. The van der Waals surface area contributed by atoms with Crippen molar-refractivity contribution in [2.75, 3.05) is 38.6 Å². The van der Waals surface area contributed by atoms with Crippen LogP contribution in [-0.2, 0) is 24.2 Å². The van der Waals surface area contributed by atoms with E-state index in [1.165, 1.54) is 0 Å². The van der Waals surface area contributed by atoms with E-state index in [9.17, 15) is 14.7 Å². The van der Waals surface area contributed by atoms with E-state index in [-0.39, 0.29) is 30.0 Å². The lowest BCUT2D eigenvalue weighted by Crippen LogP contribution is -2.53. The molecule has 3 aliphatic rings. The normalized spacial score (nSPS) is 17.8. The summed E-state index contributed by atoms with van der Waals surface area (Å²) in [5.41, 5.74) is 6.69. The van der Waals surface area contributed by atoms with Gasteiger partial charge in [0.15, 0.2) is 0 Å². The maximum absolute atomic E-state index is 14.3. The van der Waals surface area contributed by atoms with Gasteiger partial charge in [-0.25, -0.2) is 0 Å². The molecule has 3 aromatic rings. The third-order valence-electron chi connectivity index (χ3n) is 8.31. The van der Waals surface area contributed by atoms with Crippen LogP contribution >= 0.6 is 11.3 Å². The number of amides is 2. The molecule has 0 radical (unpaired) electrons. The van der Waals surface area contributed by atoms with Crippen molar-refractivity contribution in [3.8, 4) is 27.4 Å². The molecule has 5 heterocycles. The first kappa shape index (κ1) is 27.1. The van der Waals surface area contributed by atoms with Gasteiger partial charge in [0, 0.05) is 47.7 Å². The number of fused-ring (bicyclic) bond motifs is 5. The number of aliphatic hydroxyl groups excluding tert-OH is 1. The van der Waals surface area contributed by atoms with Gasteiger partial charge in [-0.2, -0.15) is 0 Å². The maximum Gasteiger partial charge on any atom is 0.271 e. The van der Waals surface area contributed by atoms with Crippen LogP contribution in [-0.4, -0.2) is 76.2 Å². The third-order valence-corrected chi connectivity index (χ3v) is 9.20. The molecule has 9 heteroatoms. The Morgan fingerprint density at radius 1 is 1.15 bits per heavy atom. The molecule has 212 valence electrons. The van der Waals surface area contributed by atoms with E-state index in [0.717, 1.165) is 70.7 Å². The van der Waals surface area contributed by atoms with Gasteiger partial charge in [-0.3, -0.25) is 14.5 Å². The summed E-state index contributed by atoms with van der Waals surface area (Å²) in [4.78, 5) is 32.3. The van der Waals surface area contributed by atoms with Crippen LogP contribution < -0.4 is 10.1 Å². The van der Waals surface area contributed by atoms with Crippen molar-refractivity contribution in [2.45, 2.75) is 64.6 Å². The highest BCUT2D eigenvalue weighted by molar-refractivity contribution is 7.13. The third kappa shape index (κ3) is 4.74. The van der Waals surface area contributed by atoms with E-state index in [0.29, 0.717) is 31.1 Å². The Balaban J connectivity index is 1.50. The summed E-state index contributed by atoms with van der Waals surface area (Å²) in [6.45, 7) is 9.06. The second kappa shape index (κ2) is 10.4. The molecular weight excluding hydrogens is 524 g/mol. The summed E-state index contributed by atoms with van der Waals surface area (Å²) in [7, 11) is 1.62. The van der Waals surface area contributed by atoms with E-state index in [1.807, 2.05) is 21.9 Å². The van der Waals surface area contributed by atoms with Crippen molar-refractivity contribution < 1.29 is 19.4 Å². The number of anilines is 1. The molecule has 2 amide bonds. The zero-order valence-corrected chi connectivity index (χ0v) is 24.6. The Labute approximate surface area is 239 Å². The molecule has 0 aliphatic carbocycles. The zero-order chi connectivity index (χ0) is 28.2. The number of benzene rings is 1. The molecule has 1 saturated heterocycles. The predicted molar refractivity (Wildman–Crippen MR) is 158 cm³/mol. The average Bonchev–Trinajstić information content (AvgIpc) is 3.51. The quantitative estimate of drug-likeness (QED) is 0.473. The number of aryl methyl sites for hydroxylation is 1. The highest BCUT2D eigenvalue weighted by atomic mass is 32.1. The van der Waals surface area contributed by atoms with Crippen molar-refractivity contribution in [1.82, 2.24) is 14.4 Å². The van der Waals surface area contributed by atoms with Gasteiger partial charge in [-0.05, 0) is 81.2 Å².